The molecule has 0 aliphatic carbocycles. The van der Waals surface area contributed by atoms with Crippen molar-refractivity contribution < 1.29 is 14.0 Å². The molecule has 0 amide bonds. The van der Waals surface area contributed by atoms with E-state index in [0.29, 0.717) is 35.7 Å². The van der Waals surface area contributed by atoms with Gasteiger partial charge >= 0.3 is 0 Å². The molecule has 4 aromatic carbocycles. The number of hydrogen-bond acceptors (Lipinski definition) is 5. The van der Waals surface area contributed by atoms with Gasteiger partial charge in [-0.15, -0.1) is 10.2 Å². The fourth-order valence-electron chi connectivity index (χ4n) is 3.81. The van der Waals surface area contributed by atoms with Crippen molar-refractivity contribution in [3.05, 3.63) is 131 Å². The Morgan fingerprint density at radius 3 is 1.26 bits per heavy atom. The largest absolute Gasteiger partial charge is 0.416 e. The summed E-state index contributed by atoms with van der Waals surface area (Å²) in [4.78, 5) is 24.8. The molecule has 0 fully saturated rings. The summed E-state index contributed by atoms with van der Waals surface area (Å²) in [6.07, 6.45) is 0.664. The first-order chi connectivity index (χ1) is 17.2. The fourth-order valence-corrected chi connectivity index (χ4v) is 3.81. The molecule has 35 heavy (non-hydrogen) atoms. The first kappa shape index (κ1) is 22.2. The van der Waals surface area contributed by atoms with Crippen LogP contribution in [-0.4, -0.2) is 21.8 Å². The third kappa shape index (κ3) is 5.31. The molecule has 0 radical (unpaired) electrons. The molecule has 0 spiro atoms. The Labute approximate surface area is 203 Å². The van der Waals surface area contributed by atoms with Crippen LogP contribution in [0.15, 0.2) is 114 Å². The van der Waals surface area contributed by atoms with Crippen LogP contribution < -0.4 is 0 Å². The minimum atomic E-state index is 0.0762. The smallest absolute Gasteiger partial charge is 0.248 e. The molecule has 0 N–H and O–H groups in total. The van der Waals surface area contributed by atoms with Gasteiger partial charge < -0.3 is 4.42 Å². The van der Waals surface area contributed by atoms with Gasteiger partial charge in [0.2, 0.25) is 11.8 Å². The van der Waals surface area contributed by atoms with Gasteiger partial charge in [0, 0.05) is 35.1 Å². The van der Waals surface area contributed by atoms with Crippen molar-refractivity contribution in [2.24, 2.45) is 0 Å². The van der Waals surface area contributed by atoms with Gasteiger partial charge in [0.1, 0.15) is 0 Å². The van der Waals surface area contributed by atoms with Gasteiger partial charge in [0.25, 0.3) is 0 Å². The van der Waals surface area contributed by atoms with E-state index in [-0.39, 0.29) is 11.6 Å². The van der Waals surface area contributed by atoms with E-state index in [1.807, 2.05) is 109 Å². The van der Waals surface area contributed by atoms with Crippen molar-refractivity contribution in [1.82, 2.24) is 10.2 Å². The highest BCUT2D eigenvalue weighted by Gasteiger charge is 2.13. The Morgan fingerprint density at radius 2 is 0.886 bits per heavy atom. The number of nitrogens with zero attached hydrogens (tertiary/aromatic N) is 2. The monoisotopic (exact) mass is 458 g/mol. The number of Topliss-reactive ketones (excluding diaryl/α,β-unsaturated/α-hetero) is 2. The van der Waals surface area contributed by atoms with Crippen LogP contribution in [-0.2, 0) is 12.8 Å². The average Bonchev–Trinajstić information content (AvgIpc) is 3.41. The van der Waals surface area contributed by atoms with Crippen molar-refractivity contribution in [2.45, 2.75) is 12.8 Å². The second-order valence-electron chi connectivity index (χ2n) is 8.24. The molecule has 1 aromatic heterocycles. The third-order valence-electron chi connectivity index (χ3n) is 5.75. The predicted octanol–water partition coefficient (Wildman–Crippen LogP) is 6.25. The van der Waals surface area contributed by atoms with Crippen LogP contribution >= 0.6 is 0 Å². The number of carbonyl (C=O) groups is 2. The maximum atomic E-state index is 12.4. The van der Waals surface area contributed by atoms with Crippen LogP contribution in [0.2, 0.25) is 0 Å². The Morgan fingerprint density at radius 1 is 0.514 bits per heavy atom. The first-order valence-corrected chi connectivity index (χ1v) is 11.3. The lowest BCUT2D eigenvalue weighted by molar-refractivity contribution is 0.0985. The van der Waals surface area contributed by atoms with E-state index in [1.54, 1.807) is 0 Å². The van der Waals surface area contributed by atoms with E-state index in [1.165, 1.54) is 0 Å². The van der Waals surface area contributed by atoms with E-state index in [0.717, 1.165) is 22.3 Å². The van der Waals surface area contributed by atoms with Gasteiger partial charge in [-0.1, -0.05) is 84.9 Å². The van der Waals surface area contributed by atoms with Gasteiger partial charge in [-0.3, -0.25) is 9.59 Å². The standard InChI is InChI=1S/C30H22N2O3/c33-27(23-7-3-1-4-8-23)19-21-11-15-25(16-12-21)29-31-32-30(35-29)26-17-13-22(14-18-26)20-28(34)24-9-5-2-6-10-24/h1-18H,19-20H2. The van der Waals surface area contributed by atoms with Gasteiger partial charge in [0.05, 0.1) is 0 Å². The van der Waals surface area contributed by atoms with Crippen LogP contribution in [0.3, 0.4) is 0 Å². The summed E-state index contributed by atoms with van der Waals surface area (Å²) in [6.45, 7) is 0. The summed E-state index contributed by atoms with van der Waals surface area (Å²) >= 11 is 0. The van der Waals surface area contributed by atoms with Crippen LogP contribution in [0.25, 0.3) is 22.9 Å². The molecule has 5 heteroatoms. The maximum absolute atomic E-state index is 12.4. The number of ketones is 2. The first-order valence-electron chi connectivity index (χ1n) is 11.3. The minimum Gasteiger partial charge on any atom is -0.416 e. The lowest BCUT2D eigenvalue weighted by Crippen LogP contribution is -2.02. The van der Waals surface area contributed by atoms with Gasteiger partial charge in [-0.05, 0) is 35.4 Å². The molecule has 0 aliphatic heterocycles. The second kappa shape index (κ2) is 10.1. The molecule has 5 nitrogen and oxygen atoms in total. The van der Waals surface area contributed by atoms with Crippen LogP contribution in [0, 0.1) is 0 Å². The summed E-state index contributed by atoms with van der Waals surface area (Å²) in [5, 5.41) is 8.35. The van der Waals surface area contributed by atoms with Crippen molar-refractivity contribution in [3.63, 3.8) is 0 Å². The summed E-state index contributed by atoms with van der Waals surface area (Å²) in [7, 11) is 0. The molecular weight excluding hydrogens is 436 g/mol. The molecule has 170 valence electrons. The lowest BCUT2D eigenvalue weighted by atomic mass is 10.0. The predicted molar refractivity (Wildman–Crippen MR) is 134 cm³/mol. The summed E-state index contributed by atoms with van der Waals surface area (Å²) in [6, 6.07) is 33.7. The molecule has 1 heterocycles. The molecule has 0 aliphatic rings. The van der Waals surface area contributed by atoms with E-state index in [4.69, 9.17) is 4.42 Å². The van der Waals surface area contributed by atoms with Gasteiger partial charge in [-0.2, -0.15) is 0 Å². The Hall–Kier alpha value is -4.64. The lowest BCUT2D eigenvalue weighted by Gasteiger charge is -2.03. The van der Waals surface area contributed by atoms with Crippen LogP contribution in [0.5, 0.6) is 0 Å². The second-order valence-corrected chi connectivity index (χ2v) is 8.24. The van der Waals surface area contributed by atoms with E-state index in [2.05, 4.69) is 10.2 Å². The van der Waals surface area contributed by atoms with E-state index in [9.17, 15) is 9.59 Å². The van der Waals surface area contributed by atoms with E-state index < -0.39 is 0 Å². The zero-order valence-corrected chi connectivity index (χ0v) is 18.9. The SMILES string of the molecule is O=C(Cc1ccc(-c2nnc(-c3ccc(CC(=O)c4ccccc4)cc3)o2)cc1)c1ccccc1. The number of benzene rings is 4. The highest BCUT2D eigenvalue weighted by atomic mass is 16.4. The maximum Gasteiger partial charge on any atom is 0.248 e. The topological polar surface area (TPSA) is 73.1 Å². The van der Waals surface area contributed by atoms with Crippen LogP contribution in [0.1, 0.15) is 31.8 Å². The van der Waals surface area contributed by atoms with Crippen molar-refractivity contribution in [1.29, 1.82) is 0 Å². The normalized spacial score (nSPS) is 10.7. The Balaban J connectivity index is 1.24. The highest BCUT2D eigenvalue weighted by molar-refractivity contribution is 5.98. The summed E-state index contributed by atoms with van der Waals surface area (Å²) < 4.78 is 5.88. The molecular formula is C30H22N2O3. The minimum absolute atomic E-state index is 0.0762. The van der Waals surface area contributed by atoms with Gasteiger partial charge in [0.15, 0.2) is 11.6 Å². The highest BCUT2D eigenvalue weighted by Crippen LogP contribution is 2.25. The molecule has 0 bridgehead atoms. The molecule has 5 rings (SSSR count). The summed E-state index contributed by atoms with van der Waals surface area (Å²) in [5.74, 6) is 0.966. The quantitative estimate of drug-likeness (QED) is 0.257. The molecule has 5 aromatic rings. The van der Waals surface area contributed by atoms with Gasteiger partial charge in [-0.25, -0.2) is 0 Å². The third-order valence-corrected chi connectivity index (χ3v) is 5.75. The Kier molecular flexibility index (Phi) is 6.39. The zero-order chi connectivity index (χ0) is 24.0. The van der Waals surface area contributed by atoms with Crippen molar-refractivity contribution in [3.8, 4) is 22.9 Å². The number of hydrogen-bond donors (Lipinski definition) is 0. The average molecular weight is 459 g/mol. The van der Waals surface area contributed by atoms with Crippen LogP contribution in [0.4, 0.5) is 0 Å². The fraction of sp³-hybridized carbons (Fsp3) is 0.0667. The number of aromatic nitrogens is 2. The molecule has 0 saturated heterocycles. The summed E-state index contributed by atoms with van der Waals surface area (Å²) in [5.41, 5.74) is 4.81. The van der Waals surface area contributed by atoms with Crippen molar-refractivity contribution >= 4 is 11.6 Å². The zero-order valence-electron chi connectivity index (χ0n) is 18.9. The van der Waals surface area contributed by atoms with Crippen molar-refractivity contribution in [2.75, 3.05) is 0 Å². The molecule has 0 saturated carbocycles. The number of rotatable bonds is 8. The molecule has 0 atom stereocenters. The Bertz CT molecular complexity index is 1330. The number of carbonyl (C=O) groups excluding carboxylic acids is 2. The molecule has 0 unspecified atom stereocenters. The van der Waals surface area contributed by atoms with E-state index >= 15 is 0 Å².